The maximum absolute atomic E-state index is 13.1. The molecule has 0 aliphatic carbocycles. The van der Waals surface area contributed by atoms with Crippen LogP contribution < -0.4 is 5.32 Å². The van der Waals surface area contributed by atoms with Gasteiger partial charge >= 0.3 is 5.97 Å². The third kappa shape index (κ3) is 5.27. The molecule has 1 amide bonds. The molecule has 9 heteroatoms. The Kier molecular flexibility index (Phi) is 5.97. The fourth-order valence-corrected chi connectivity index (χ4v) is 2.07. The van der Waals surface area contributed by atoms with Crippen molar-refractivity contribution in [1.29, 1.82) is 0 Å². The number of hydrogen-bond donors (Lipinski definition) is 2. The zero-order valence-electron chi connectivity index (χ0n) is 13.7. The third-order valence-electron chi connectivity index (χ3n) is 2.96. The minimum absolute atomic E-state index is 0.435. The lowest BCUT2D eigenvalue weighted by Gasteiger charge is -2.29. The summed E-state index contributed by atoms with van der Waals surface area (Å²) in [6.07, 6.45) is -0.897. The minimum atomic E-state index is -1.43. The van der Waals surface area contributed by atoms with E-state index >= 15 is 0 Å². The van der Waals surface area contributed by atoms with E-state index in [1.54, 1.807) is 20.8 Å². The Hall–Kier alpha value is -2.55. The number of amides is 1. The Morgan fingerprint density at radius 2 is 1.96 bits per heavy atom. The van der Waals surface area contributed by atoms with Gasteiger partial charge in [0.15, 0.2) is 6.04 Å². The second-order valence-corrected chi connectivity index (χ2v) is 6.14. The number of carboxylic acids is 1. The summed E-state index contributed by atoms with van der Waals surface area (Å²) in [6.45, 7) is 6.61. The van der Waals surface area contributed by atoms with Crippen LogP contribution in [0, 0.1) is 15.9 Å². The predicted molar refractivity (Wildman–Crippen MR) is 82.2 cm³/mol. The molecule has 0 saturated carbocycles. The molecular formula is C15H19FN2O6. The fraction of sp³-hybridized carbons (Fsp3) is 0.467. The molecule has 0 unspecified atom stereocenters. The van der Waals surface area contributed by atoms with Gasteiger partial charge in [-0.05, 0) is 39.8 Å². The van der Waals surface area contributed by atoms with Crippen LogP contribution in [0.25, 0.3) is 0 Å². The van der Waals surface area contributed by atoms with Crippen molar-refractivity contribution in [1.82, 2.24) is 5.32 Å². The molecule has 0 aliphatic rings. The number of nitro benzene ring substituents is 1. The molecule has 0 saturated heterocycles. The first kappa shape index (κ1) is 19.5. The molecule has 0 aliphatic heterocycles. The first-order valence-electron chi connectivity index (χ1n) is 7.08. The van der Waals surface area contributed by atoms with Gasteiger partial charge in [0.25, 0.3) is 11.6 Å². The van der Waals surface area contributed by atoms with E-state index in [9.17, 15) is 29.2 Å². The number of benzene rings is 1. The van der Waals surface area contributed by atoms with Crippen LogP contribution in [0.4, 0.5) is 10.1 Å². The lowest BCUT2D eigenvalue weighted by molar-refractivity contribution is -0.385. The number of carbonyl (C=O) groups is 2. The molecule has 8 nitrogen and oxygen atoms in total. The summed E-state index contributed by atoms with van der Waals surface area (Å²) in [5, 5.41) is 22.4. The monoisotopic (exact) mass is 342 g/mol. The lowest BCUT2D eigenvalue weighted by atomic mass is 10.1. The van der Waals surface area contributed by atoms with Gasteiger partial charge in [-0.3, -0.25) is 14.9 Å². The standard InChI is InChI=1S/C15H19FN2O6/c1-8(24-15(2,3)4)12(14(20)21)17-13(19)10-6-5-9(16)7-11(10)18(22)23/h5-8,12H,1-4H3,(H,17,19)(H,20,21)/t8-,12+/m1/s1. The fourth-order valence-electron chi connectivity index (χ4n) is 2.07. The minimum Gasteiger partial charge on any atom is -0.480 e. The molecule has 1 aromatic rings. The van der Waals surface area contributed by atoms with Gasteiger partial charge in [-0.1, -0.05) is 0 Å². The van der Waals surface area contributed by atoms with Crippen molar-refractivity contribution in [3.05, 3.63) is 39.7 Å². The van der Waals surface area contributed by atoms with Crippen LogP contribution in [0.1, 0.15) is 38.1 Å². The van der Waals surface area contributed by atoms with Crippen molar-refractivity contribution in [3.8, 4) is 0 Å². The van der Waals surface area contributed by atoms with Crippen molar-refractivity contribution in [2.24, 2.45) is 0 Å². The molecule has 0 heterocycles. The highest BCUT2D eigenvalue weighted by atomic mass is 19.1. The molecule has 0 radical (unpaired) electrons. The van der Waals surface area contributed by atoms with Crippen LogP contribution in [-0.4, -0.2) is 39.7 Å². The second-order valence-electron chi connectivity index (χ2n) is 6.14. The number of rotatable bonds is 6. The number of carboxylic acid groups (broad SMARTS) is 1. The highest BCUT2D eigenvalue weighted by Crippen LogP contribution is 2.20. The van der Waals surface area contributed by atoms with E-state index in [0.29, 0.717) is 6.07 Å². The van der Waals surface area contributed by atoms with Gasteiger partial charge in [0.05, 0.1) is 22.7 Å². The summed E-state index contributed by atoms with van der Waals surface area (Å²) in [6, 6.07) is 0.977. The summed E-state index contributed by atoms with van der Waals surface area (Å²) in [7, 11) is 0. The summed E-state index contributed by atoms with van der Waals surface area (Å²) in [5.41, 5.74) is -1.84. The van der Waals surface area contributed by atoms with Crippen LogP contribution in [0.5, 0.6) is 0 Å². The number of ether oxygens (including phenoxy) is 1. The van der Waals surface area contributed by atoms with Crippen molar-refractivity contribution >= 4 is 17.6 Å². The van der Waals surface area contributed by atoms with Crippen LogP contribution in [0.2, 0.25) is 0 Å². The largest absolute Gasteiger partial charge is 0.480 e. The molecule has 2 atom stereocenters. The summed E-state index contributed by atoms with van der Waals surface area (Å²) in [5.74, 6) is -3.24. The zero-order chi connectivity index (χ0) is 18.7. The van der Waals surface area contributed by atoms with Gasteiger partial charge in [-0.15, -0.1) is 0 Å². The number of halogens is 1. The number of nitrogens with one attached hydrogen (secondary N) is 1. The van der Waals surface area contributed by atoms with Gasteiger partial charge in [0, 0.05) is 0 Å². The van der Waals surface area contributed by atoms with Crippen LogP contribution in [0.15, 0.2) is 18.2 Å². The molecule has 1 aromatic carbocycles. The molecule has 24 heavy (non-hydrogen) atoms. The molecular weight excluding hydrogens is 323 g/mol. The molecule has 0 bridgehead atoms. The average molecular weight is 342 g/mol. The molecule has 0 aromatic heterocycles. The molecule has 0 fully saturated rings. The summed E-state index contributed by atoms with van der Waals surface area (Å²) < 4.78 is 18.6. The van der Waals surface area contributed by atoms with Crippen LogP contribution in [0.3, 0.4) is 0 Å². The summed E-state index contributed by atoms with van der Waals surface area (Å²) >= 11 is 0. The van der Waals surface area contributed by atoms with E-state index in [1.807, 2.05) is 0 Å². The normalized spacial score (nSPS) is 13.9. The highest BCUT2D eigenvalue weighted by molar-refractivity contribution is 6.00. The zero-order valence-corrected chi connectivity index (χ0v) is 13.7. The SMILES string of the molecule is C[C@@H](OC(C)(C)C)[C@H](NC(=O)c1ccc(F)cc1[N+](=O)[O-])C(=O)O. The van der Waals surface area contributed by atoms with Crippen molar-refractivity contribution in [2.75, 3.05) is 0 Å². The second kappa shape index (κ2) is 7.35. The van der Waals surface area contributed by atoms with Gasteiger partial charge in [0.1, 0.15) is 11.4 Å². The molecule has 2 N–H and O–H groups in total. The van der Waals surface area contributed by atoms with Gasteiger partial charge in [-0.2, -0.15) is 0 Å². The Labute approximate surface area is 137 Å². The predicted octanol–water partition coefficient (Wildman–Crippen LogP) is 2.12. The van der Waals surface area contributed by atoms with E-state index < -0.39 is 51.6 Å². The maximum atomic E-state index is 13.1. The van der Waals surface area contributed by atoms with E-state index in [4.69, 9.17) is 4.74 Å². The number of hydrogen-bond acceptors (Lipinski definition) is 5. The number of aliphatic carboxylic acids is 1. The summed E-state index contributed by atoms with van der Waals surface area (Å²) in [4.78, 5) is 33.6. The average Bonchev–Trinajstić information content (AvgIpc) is 2.41. The molecule has 0 spiro atoms. The van der Waals surface area contributed by atoms with E-state index in [2.05, 4.69) is 5.32 Å². The molecule has 1 rings (SSSR count). The highest BCUT2D eigenvalue weighted by Gasteiger charge is 2.32. The van der Waals surface area contributed by atoms with Gasteiger partial charge in [-0.25, -0.2) is 9.18 Å². The number of nitrogens with zero attached hydrogens (tertiary/aromatic N) is 1. The first-order chi connectivity index (χ1) is 10.9. The number of nitro groups is 1. The van der Waals surface area contributed by atoms with Crippen molar-refractivity contribution < 1.29 is 28.7 Å². The van der Waals surface area contributed by atoms with Crippen LogP contribution >= 0.6 is 0 Å². The van der Waals surface area contributed by atoms with E-state index in [0.717, 1.165) is 12.1 Å². The smallest absolute Gasteiger partial charge is 0.328 e. The Morgan fingerprint density at radius 3 is 2.42 bits per heavy atom. The van der Waals surface area contributed by atoms with Crippen molar-refractivity contribution in [3.63, 3.8) is 0 Å². The molecule has 132 valence electrons. The van der Waals surface area contributed by atoms with E-state index in [-0.39, 0.29) is 0 Å². The first-order valence-corrected chi connectivity index (χ1v) is 7.08. The van der Waals surface area contributed by atoms with E-state index in [1.165, 1.54) is 6.92 Å². The maximum Gasteiger partial charge on any atom is 0.328 e. The Balaban J connectivity index is 3.06. The Morgan fingerprint density at radius 1 is 1.38 bits per heavy atom. The third-order valence-corrected chi connectivity index (χ3v) is 2.96. The quantitative estimate of drug-likeness (QED) is 0.604. The van der Waals surface area contributed by atoms with Crippen LogP contribution in [-0.2, 0) is 9.53 Å². The van der Waals surface area contributed by atoms with Gasteiger partial charge < -0.3 is 15.2 Å². The number of carbonyl (C=O) groups excluding carboxylic acids is 1. The Bertz CT molecular complexity index is 656. The lowest BCUT2D eigenvalue weighted by Crippen LogP contribution is -2.50. The van der Waals surface area contributed by atoms with Crippen molar-refractivity contribution in [2.45, 2.75) is 45.4 Å². The topological polar surface area (TPSA) is 119 Å². The van der Waals surface area contributed by atoms with Gasteiger partial charge in [0.2, 0.25) is 0 Å².